The Hall–Kier alpha value is -2.08. The zero-order valence-corrected chi connectivity index (χ0v) is 14.7. The molecule has 0 bridgehead atoms. The van der Waals surface area contributed by atoms with Crippen molar-refractivity contribution in [2.45, 2.75) is 25.7 Å². The first-order valence-electron chi connectivity index (χ1n) is 7.15. The minimum Gasteiger partial charge on any atom is -0.481 e. The fourth-order valence-corrected chi connectivity index (χ4v) is 2.08. The molecular formula is C16H18IN3O3. The summed E-state index contributed by atoms with van der Waals surface area (Å²) in [6.07, 6.45) is 3.50. The van der Waals surface area contributed by atoms with Gasteiger partial charge in [0.2, 0.25) is 0 Å². The van der Waals surface area contributed by atoms with E-state index < -0.39 is 11.9 Å². The molecule has 6 nitrogen and oxygen atoms in total. The number of nitrogens with zero attached hydrogens (tertiary/aromatic N) is 1. The van der Waals surface area contributed by atoms with Gasteiger partial charge in [-0.2, -0.15) is 5.26 Å². The Morgan fingerprint density at radius 3 is 2.52 bits per heavy atom. The molecule has 0 saturated carbocycles. The van der Waals surface area contributed by atoms with Crippen LogP contribution in [0, 0.1) is 14.9 Å². The molecule has 0 aliphatic heterocycles. The second-order valence-corrected chi connectivity index (χ2v) is 6.03. The third-order valence-corrected chi connectivity index (χ3v) is 3.66. The van der Waals surface area contributed by atoms with E-state index in [0.717, 1.165) is 15.7 Å². The first-order chi connectivity index (χ1) is 11.0. The van der Waals surface area contributed by atoms with Crippen molar-refractivity contribution >= 4 is 40.2 Å². The minimum absolute atomic E-state index is 0.00548. The molecule has 122 valence electrons. The number of halogens is 1. The summed E-state index contributed by atoms with van der Waals surface area (Å²) in [7, 11) is 0. The lowest BCUT2D eigenvalue weighted by Gasteiger charge is -2.05. The van der Waals surface area contributed by atoms with Crippen LogP contribution in [0.25, 0.3) is 0 Å². The average molecular weight is 427 g/mol. The molecular weight excluding hydrogens is 409 g/mol. The molecule has 0 aliphatic carbocycles. The summed E-state index contributed by atoms with van der Waals surface area (Å²) in [4.78, 5) is 22.2. The number of hydrogen-bond acceptors (Lipinski definition) is 4. The number of nitrogens with one attached hydrogen (secondary N) is 2. The second-order valence-electron chi connectivity index (χ2n) is 4.78. The van der Waals surface area contributed by atoms with Crippen LogP contribution in [0.5, 0.6) is 0 Å². The number of nitriles is 1. The predicted molar refractivity (Wildman–Crippen MR) is 95.6 cm³/mol. The summed E-state index contributed by atoms with van der Waals surface area (Å²) >= 11 is 2.19. The first kappa shape index (κ1) is 19.0. The Morgan fingerprint density at radius 1 is 1.22 bits per heavy atom. The molecule has 0 radical (unpaired) electrons. The number of amides is 1. The van der Waals surface area contributed by atoms with E-state index in [9.17, 15) is 9.59 Å². The maximum atomic E-state index is 11.9. The highest BCUT2D eigenvalue weighted by molar-refractivity contribution is 14.1. The van der Waals surface area contributed by atoms with E-state index in [4.69, 9.17) is 10.4 Å². The number of carboxylic acids is 1. The van der Waals surface area contributed by atoms with Crippen molar-refractivity contribution in [1.29, 1.82) is 5.26 Å². The van der Waals surface area contributed by atoms with Crippen LogP contribution in [0.4, 0.5) is 5.69 Å². The van der Waals surface area contributed by atoms with Gasteiger partial charge < -0.3 is 15.7 Å². The number of carbonyl (C=O) groups is 2. The Kier molecular flexibility index (Phi) is 8.75. The summed E-state index contributed by atoms with van der Waals surface area (Å²) < 4.78 is 1.10. The van der Waals surface area contributed by atoms with Gasteiger partial charge in [-0.05, 0) is 59.7 Å². The van der Waals surface area contributed by atoms with Crippen LogP contribution in [0.15, 0.2) is 36.0 Å². The highest BCUT2D eigenvalue weighted by atomic mass is 127. The predicted octanol–water partition coefficient (Wildman–Crippen LogP) is 2.87. The number of anilines is 1. The molecule has 23 heavy (non-hydrogen) atoms. The third-order valence-electron chi connectivity index (χ3n) is 2.95. The van der Waals surface area contributed by atoms with Crippen LogP contribution in [0.3, 0.4) is 0 Å². The standard InChI is InChI=1S/C16H18IN3O3/c17-13-5-7-14(8-6-13)20-11-12(10-18)16(23)19-9-3-1-2-4-15(21)22/h5-8,11,20H,1-4,9H2,(H,19,23)(H,21,22)/b12-11-. The van der Waals surface area contributed by atoms with E-state index in [0.29, 0.717) is 19.4 Å². The Balaban J connectivity index is 2.36. The largest absolute Gasteiger partial charge is 0.481 e. The van der Waals surface area contributed by atoms with E-state index >= 15 is 0 Å². The van der Waals surface area contributed by atoms with Crippen molar-refractivity contribution in [1.82, 2.24) is 5.32 Å². The van der Waals surface area contributed by atoms with E-state index in [2.05, 4.69) is 33.2 Å². The summed E-state index contributed by atoms with van der Waals surface area (Å²) in [6.45, 7) is 0.418. The van der Waals surface area contributed by atoms with Gasteiger partial charge in [0.05, 0.1) is 0 Å². The van der Waals surface area contributed by atoms with Gasteiger partial charge in [0.25, 0.3) is 5.91 Å². The molecule has 3 N–H and O–H groups in total. The van der Waals surface area contributed by atoms with Crippen LogP contribution in [-0.2, 0) is 9.59 Å². The van der Waals surface area contributed by atoms with Gasteiger partial charge in [-0.25, -0.2) is 0 Å². The second kappa shape index (κ2) is 10.6. The van der Waals surface area contributed by atoms with Gasteiger partial charge in [-0.15, -0.1) is 0 Å². The van der Waals surface area contributed by atoms with Crippen molar-refractivity contribution in [3.05, 3.63) is 39.6 Å². The zero-order valence-electron chi connectivity index (χ0n) is 12.5. The molecule has 0 spiro atoms. The summed E-state index contributed by atoms with van der Waals surface area (Å²) in [5.41, 5.74) is 0.786. The number of aliphatic carboxylic acids is 1. The van der Waals surface area contributed by atoms with E-state index in [1.165, 1.54) is 6.20 Å². The van der Waals surface area contributed by atoms with Gasteiger partial charge >= 0.3 is 5.97 Å². The van der Waals surface area contributed by atoms with E-state index in [-0.39, 0.29) is 12.0 Å². The quantitative estimate of drug-likeness (QED) is 0.244. The molecule has 0 heterocycles. The monoisotopic (exact) mass is 427 g/mol. The highest BCUT2D eigenvalue weighted by Crippen LogP contribution is 2.11. The van der Waals surface area contributed by atoms with Crippen molar-refractivity contribution in [3.63, 3.8) is 0 Å². The molecule has 0 unspecified atom stereocenters. The van der Waals surface area contributed by atoms with Crippen molar-refractivity contribution in [3.8, 4) is 6.07 Å². The SMILES string of the molecule is N#C/C(=C/Nc1ccc(I)cc1)C(=O)NCCCCCC(=O)O. The highest BCUT2D eigenvalue weighted by Gasteiger charge is 2.07. The number of rotatable bonds is 9. The molecule has 7 heteroatoms. The summed E-state index contributed by atoms with van der Waals surface area (Å²) in [5.74, 6) is -1.26. The van der Waals surface area contributed by atoms with Crippen LogP contribution >= 0.6 is 22.6 Å². The Labute approximate surface area is 148 Å². The molecule has 0 atom stereocenters. The molecule has 1 aromatic rings. The van der Waals surface area contributed by atoms with E-state index in [1.807, 2.05) is 30.3 Å². The van der Waals surface area contributed by atoms with Crippen molar-refractivity contribution < 1.29 is 14.7 Å². The third kappa shape index (κ3) is 8.21. The Bertz CT molecular complexity index is 606. The van der Waals surface area contributed by atoms with Gasteiger partial charge in [-0.1, -0.05) is 6.42 Å². The van der Waals surface area contributed by atoms with Gasteiger partial charge in [0.15, 0.2) is 0 Å². The van der Waals surface area contributed by atoms with Crippen molar-refractivity contribution in [2.75, 3.05) is 11.9 Å². The average Bonchev–Trinajstić information content (AvgIpc) is 2.52. The zero-order chi connectivity index (χ0) is 17.1. The first-order valence-corrected chi connectivity index (χ1v) is 8.23. The van der Waals surface area contributed by atoms with Crippen LogP contribution in [0.1, 0.15) is 25.7 Å². The van der Waals surface area contributed by atoms with Gasteiger partial charge in [-0.3, -0.25) is 9.59 Å². The molecule has 1 aromatic carbocycles. The number of benzene rings is 1. The van der Waals surface area contributed by atoms with Crippen LogP contribution in [-0.4, -0.2) is 23.5 Å². The van der Waals surface area contributed by atoms with Gasteiger partial charge in [0.1, 0.15) is 11.6 Å². The molecule has 0 fully saturated rings. The van der Waals surface area contributed by atoms with Gasteiger partial charge in [0, 0.05) is 28.4 Å². The number of hydrogen-bond donors (Lipinski definition) is 3. The molecule has 0 aromatic heterocycles. The smallest absolute Gasteiger partial charge is 0.303 e. The Morgan fingerprint density at radius 2 is 1.91 bits per heavy atom. The number of carbonyl (C=O) groups excluding carboxylic acids is 1. The van der Waals surface area contributed by atoms with Crippen LogP contribution in [0.2, 0.25) is 0 Å². The molecule has 0 saturated heterocycles. The maximum Gasteiger partial charge on any atom is 0.303 e. The van der Waals surface area contributed by atoms with E-state index in [1.54, 1.807) is 0 Å². The lowest BCUT2D eigenvalue weighted by atomic mass is 10.2. The summed E-state index contributed by atoms with van der Waals surface area (Å²) in [5, 5.41) is 23.1. The maximum absolute atomic E-state index is 11.9. The van der Waals surface area contributed by atoms with Crippen LogP contribution < -0.4 is 10.6 Å². The fraction of sp³-hybridized carbons (Fsp3) is 0.312. The number of unbranched alkanes of at least 4 members (excludes halogenated alkanes) is 2. The molecule has 1 amide bonds. The normalized spacial score (nSPS) is 10.7. The lowest BCUT2D eigenvalue weighted by molar-refractivity contribution is -0.137. The topological polar surface area (TPSA) is 102 Å². The van der Waals surface area contributed by atoms with Crippen molar-refractivity contribution in [2.24, 2.45) is 0 Å². The molecule has 1 rings (SSSR count). The minimum atomic E-state index is -0.814. The fourth-order valence-electron chi connectivity index (χ4n) is 1.73. The number of carboxylic acid groups (broad SMARTS) is 1. The summed E-state index contributed by atoms with van der Waals surface area (Å²) in [6, 6.07) is 9.40. The lowest BCUT2D eigenvalue weighted by Crippen LogP contribution is -2.26. The molecule has 0 aliphatic rings.